The molecule has 2 N–H and O–H groups in total. The van der Waals surface area contributed by atoms with E-state index in [4.69, 9.17) is 0 Å². The van der Waals surface area contributed by atoms with Gasteiger partial charge in [0.15, 0.2) is 5.69 Å². The number of esters is 1. The zero-order valence-electron chi connectivity index (χ0n) is 12.2. The summed E-state index contributed by atoms with van der Waals surface area (Å²) in [4.78, 5) is 18.6. The van der Waals surface area contributed by atoms with Gasteiger partial charge in [-0.15, -0.1) is 0 Å². The Labute approximate surface area is 129 Å². The van der Waals surface area contributed by atoms with E-state index in [2.05, 4.69) is 25.3 Å². The number of nitrogens with zero attached hydrogens (tertiary/aromatic N) is 2. The second-order valence-electron chi connectivity index (χ2n) is 4.40. The lowest BCUT2D eigenvalue weighted by atomic mass is 10.2. The summed E-state index contributed by atoms with van der Waals surface area (Å²) in [6, 6.07) is 6.83. The Morgan fingerprint density at radius 3 is 2.35 bits per heavy atom. The minimum atomic E-state index is -4.58. The van der Waals surface area contributed by atoms with Gasteiger partial charge in [0, 0.05) is 18.8 Å². The fourth-order valence-electron chi connectivity index (χ4n) is 1.72. The number of carbonyl (C=O) groups is 1. The topological polar surface area (TPSA) is 76.1 Å². The van der Waals surface area contributed by atoms with Gasteiger partial charge in [-0.3, -0.25) is 0 Å². The van der Waals surface area contributed by atoms with Crippen LogP contribution in [0, 0.1) is 0 Å². The standard InChI is InChI=1S/C14H13F3N4O2/c1-18-13-20-10(14(15,16)17)7-11(21-13)19-9-5-3-8(4-6-9)12(22)23-2/h3-7H,1-2H3,(H2,18,19,20,21). The third-order valence-corrected chi connectivity index (χ3v) is 2.82. The van der Waals surface area contributed by atoms with E-state index in [-0.39, 0.29) is 11.8 Å². The number of rotatable bonds is 4. The van der Waals surface area contributed by atoms with Gasteiger partial charge in [-0.2, -0.15) is 18.2 Å². The minimum Gasteiger partial charge on any atom is -0.465 e. The van der Waals surface area contributed by atoms with Crippen LogP contribution in [0.1, 0.15) is 16.1 Å². The molecule has 2 rings (SSSR count). The first-order valence-electron chi connectivity index (χ1n) is 6.43. The Morgan fingerprint density at radius 2 is 1.83 bits per heavy atom. The number of alkyl halides is 3. The number of hydrogen-bond acceptors (Lipinski definition) is 6. The number of methoxy groups -OCH3 is 1. The maximum atomic E-state index is 12.8. The lowest BCUT2D eigenvalue weighted by Crippen LogP contribution is -2.12. The first kappa shape index (κ1) is 16.5. The van der Waals surface area contributed by atoms with Crippen LogP contribution in [-0.2, 0) is 10.9 Å². The summed E-state index contributed by atoms with van der Waals surface area (Å²) in [5.41, 5.74) is -0.273. The second kappa shape index (κ2) is 6.51. The van der Waals surface area contributed by atoms with Gasteiger partial charge in [-0.25, -0.2) is 9.78 Å². The molecular weight excluding hydrogens is 313 g/mol. The number of anilines is 3. The summed E-state index contributed by atoms with van der Waals surface area (Å²) in [6.45, 7) is 0. The van der Waals surface area contributed by atoms with Crippen molar-refractivity contribution in [1.29, 1.82) is 0 Å². The first-order chi connectivity index (χ1) is 10.8. The average Bonchev–Trinajstić information content (AvgIpc) is 2.53. The molecule has 0 atom stereocenters. The van der Waals surface area contributed by atoms with Crippen LogP contribution in [-0.4, -0.2) is 30.1 Å². The molecule has 9 heteroatoms. The minimum absolute atomic E-state index is 0.0255. The SMILES string of the molecule is CNc1nc(Nc2ccc(C(=O)OC)cc2)cc(C(F)(F)F)n1. The fraction of sp³-hybridized carbons (Fsp3) is 0.214. The first-order valence-corrected chi connectivity index (χ1v) is 6.43. The van der Waals surface area contributed by atoms with Crippen LogP contribution >= 0.6 is 0 Å². The van der Waals surface area contributed by atoms with Gasteiger partial charge >= 0.3 is 12.1 Å². The highest BCUT2D eigenvalue weighted by Crippen LogP contribution is 2.30. The fourth-order valence-corrected chi connectivity index (χ4v) is 1.72. The Hall–Kier alpha value is -2.84. The largest absolute Gasteiger partial charge is 0.465 e. The Kier molecular flexibility index (Phi) is 4.68. The molecule has 0 unspecified atom stereocenters. The van der Waals surface area contributed by atoms with E-state index in [0.29, 0.717) is 11.3 Å². The third-order valence-electron chi connectivity index (χ3n) is 2.82. The summed E-state index contributed by atoms with van der Waals surface area (Å²) in [6.07, 6.45) is -4.58. The van der Waals surface area contributed by atoms with Crippen LogP contribution in [0.25, 0.3) is 0 Å². The smallest absolute Gasteiger partial charge is 0.433 e. The van der Waals surface area contributed by atoms with Gasteiger partial charge < -0.3 is 15.4 Å². The quantitative estimate of drug-likeness (QED) is 0.841. The predicted molar refractivity (Wildman–Crippen MR) is 77.6 cm³/mol. The van der Waals surface area contributed by atoms with Gasteiger partial charge in [-0.1, -0.05) is 0 Å². The maximum absolute atomic E-state index is 12.8. The van der Waals surface area contributed by atoms with Crippen LogP contribution in [0.2, 0.25) is 0 Å². The molecule has 0 amide bonds. The van der Waals surface area contributed by atoms with E-state index < -0.39 is 17.8 Å². The molecule has 0 radical (unpaired) electrons. The van der Waals surface area contributed by atoms with Crippen molar-refractivity contribution in [3.63, 3.8) is 0 Å². The van der Waals surface area contributed by atoms with Gasteiger partial charge in [0.2, 0.25) is 5.95 Å². The van der Waals surface area contributed by atoms with Crippen LogP contribution in [0.5, 0.6) is 0 Å². The monoisotopic (exact) mass is 326 g/mol. The summed E-state index contributed by atoms with van der Waals surface area (Å²) in [5, 5.41) is 5.21. The van der Waals surface area contributed by atoms with E-state index in [1.807, 2.05) is 0 Å². The van der Waals surface area contributed by atoms with E-state index in [9.17, 15) is 18.0 Å². The zero-order valence-corrected chi connectivity index (χ0v) is 12.2. The van der Waals surface area contributed by atoms with E-state index in [1.54, 1.807) is 0 Å². The molecule has 0 aliphatic heterocycles. The van der Waals surface area contributed by atoms with Gasteiger partial charge in [-0.05, 0) is 24.3 Å². The average molecular weight is 326 g/mol. The number of aromatic nitrogens is 2. The van der Waals surface area contributed by atoms with Crippen molar-refractivity contribution in [2.75, 3.05) is 24.8 Å². The zero-order chi connectivity index (χ0) is 17.0. The number of halogens is 3. The Morgan fingerprint density at radius 1 is 1.17 bits per heavy atom. The van der Waals surface area contributed by atoms with Crippen LogP contribution in [0.3, 0.4) is 0 Å². The third kappa shape index (κ3) is 4.09. The second-order valence-corrected chi connectivity index (χ2v) is 4.40. The molecule has 0 fully saturated rings. The molecule has 0 spiro atoms. The molecule has 6 nitrogen and oxygen atoms in total. The van der Waals surface area contributed by atoms with Gasteiger partial charge in [0.05, 0.1) is 12.7 Å². The van der Waals surface area contributed by atoms with E-state index in [1.165, 1.54) is 38.4 Å². The number of carbonyl (C=O) groups excluding carboxylic acids is 1. The highest BCUT2D eigenvalue weighted by molar-refractivity contribution is 5.89. The van der Waals surface area contributed by atoms with Crippen molar-refractivity contribution in [2.45, 2.75) is 6.18 Å². The van der Waals surface area contributed by atoms with Crippen molar-refractivity contribution in [3.05, 3.63) is 41.6 Å². The van der Waals surface area contributed by atoms with Crippen molar-refractivity contribution >= 4 is 23.4 Å². The number of benzene rings is 1. The molecule has 0 saturated carbocycles. The highest BCUT2D eigenvalue weighted by Gasteiger charge is 2.33. The molecule has 0 aliphatic carbocycles. The number of ether oxygens (including phenoxy) is 1. The molecule has 0 saturated heterocycles. The predicted octanol–water partition coefficient (Wildman–Crippen LogP) is 3.07. The van der Waals surface area contributed by atoms with E-state index >= 15 is 0 Å². The highest BCUT2D eigenvalue weighted by atomic mass is 19.4. The lowest BCUT2D eigenvalue weighted by molar-refractivity contribution is -0.141. The summed E-state index contributed by atoms with van der Waals surface area (Å²) in [5.74, 6) is -0.689. The summed E-state index contributed by atoms with van der Waals surface area (Å²) < 4.78 is 43.0. The van der Waals surface area contributed by atoms with Gasteiger partial charge in [0.1, 0.15) is 5.82 Å². The van der Waals surface area contributed by atoms with Crippen molar-refractivity contribution < 1.29 is 22.7 Å². The number of nitrogens with one attached hydrogen (secondary N) is 2. The van der Waals surface area contributed by atoms with Crippen LogP contribution in [0.15, 0.2) is 30.3 Å². The molecule has 0 aliphatic rings. The summed E-state index contributed by atoms with van der Waals surface area (Å²) in [7, 11) is 2.68. The normalized spacial score (nSPS) is 11.0. The van der Waals surface area contributed by atoms with Crippen molar-refractivity contribution in [2.24, 2.45) is 0 Å². The van der Waals surface area contributed by atoms with Crippen molar-refractivity contribution in [3.8, 4) is 0 Å². The van der Waals surface area contributed by atoms with E-state index in [0.717, 1.165) is 6.07 Å². The van der Waals surface area contributed by atoms with Crippen LogP contribution in [0.4, 0.5) is 30.6 Å². The summed E-state index contributed by atoms with van der Waals surface area (Å²) >= 11 is 0. The Bertz CT molecular complexity index is 702. The molecule has 23 heavy (non-hydrogen) atoms. The molecule has 0 bridgehead atoms. The lowest BCUT2D eigenvalue weighted by Gasteiger charge is -2.11. The Balaban J connectivity index is 2.27. The van der Waals surface area contributed by atoms with Gasteiger partial charge in [0.25, 0.3) is 0 Å². The molecule has 122 valence electrons. The molecule has 1 aromatic heterocycles. The van der Waals surface area contributed by atoms with Crippen molar-refractivity contribution in [1.82, 2.24) is 9.97 Å². The molecular formula is C14H13F3N4O2. The number of hydrogen-bond donors (Lipinski definition) is 2. The van der Waals surface area contributed by atoms with Crippen LogP contribution < -0.4 is 10.6 Å². The molecule has 2 aromatic rings. The molecule has 1 heterocycles. The molecule has 1 aromatic carbocycles. The maximum Gasteiger partial charge on any atom is 0.433 e.